The molecule has 58 valence electrons. The fourth-order valence-corrected chi connectivity index (χ4v) is 1.01. The topological polar surface area (TPSA) is 60.8 Å². The third-order valence-electron chi connectivity index (χ3n) is 1.78. The number of rotatable bonds is 0. The second-order valence-electron chi connectivity index (χ2n) is 2.52. The summed E-state index contributed by atoms with van der Waals surface area (Å²) in [6, 6.07) is 0. The quantitative estimate of drug-likeness (QED) is 0.455. The Morgan fingerprint density at radius 3 is 2.60 bits per heavy atom. The zero-order chi connectivity index (χ0) is 7.72. The predicted molar refractivity (Wildman–Crippen MR) is 34.0 cm³/mol. The van der Waals surface area contributed by atoms with Crippen molar-refractivity contribution in [3.8, 4) is 0 Å². The molecule has 4 nitrogen and oxygen atoms in total. The number of likely N-dealkylation sites (N-methyl/N-ethyl adjacent to an activating group) is 1. The van der Waals surface area contributed by atoms with Crippen molar-refractivity contribution in [3.63, 3.8) is 0 Å². The maximum absolute atomic E-state index is 10.9. The largest absolute Gasteiger partial charge is 0.383 e. The van der Waals surface area contributed by atoms with Crippen LogP contribution in [0.25, 0.3) is 0 Å². The lowest BCUT2D eigenvalue weighted by atomic mass is 10.1. The highest BCUT2D eigenvalue weighted by Gasteiger charge is 2.29. The lowest BCUT2D eigenvalue weighted by Gasteiger charge is -2.30. The van der Waals surface area contributed by atoms with Crippen LogP contribution in [0.2, 0.25) is 0 Å². The minimum Gasteiger partial charge on any atom is -0.383 e. The van der Waals surface area contributed by atoms with Crippen molar-refractivity contribution in [2.45, 2.75) is 25.2 Å². The SMILES string of the molecule is CN1C(=O)C(O)CCC1O. The van der Waals surface area contributed by atoms with E-state index in [0.29, 0.717) is 12.8 Å². The first-order valence-corrected chi connectivity index (χ1v) is 3.25. The van der Waals surface area contributed by atoms with Gasteiger partial charge in [-0.1, -0.05) is 0 Å². The Kier molecular flexibility index (Phi) is 1.92. The van der Waals surface area contributed by atoms with Crippen LogP contribution in [0.4, 0.5) is 0 Å². The molecule has 1 aliphatic heterocycles. The van der Waals surface area contributed by atoms with Gasteiger partial charge in [0.25, 0.3) is 5.91 Å². The van der Waals surface area contributed by atoms with E-state index in [0.717, 1.165) is 4.90 Å². The third-order valence-corrected chi connectivity index (χ3v) is 1.78. The Morgan fingerprint density at radius 2 is 2.10 bits per heavy atom. The summed E-state index contributed by atoms with van der Waals surface area (Å²) in [7, 11) is 1.48. The zero-order valence-corrected chi connectivity index (χ0v) is 5.82. The predicted octanol–water partition coefficient (Wildman–Crippen LogP) is -1.08. The van der Waals surface area contributed by atoms with Crippen molar-refractivity contribution in [2.75, 3.05) is 7.05 Å². The molecule has 0 aromatic rings. The number of hydrogen-bond acceptors (Lipinski definition) is 3. The van der Waals surface area contributed by atoms with Crippen LogP contribution in [0.5, 0.6) is 0 Å². The van der Waals surface area contributed by atoms with Crippen LogP contribution in [0.3, 0.4) is 0 Å². The first-order valence-electron chi connectivity index (χ1n) is 3.25. The second kappa shape index (κ2) is 2.56. The van der Waals surface area contributed by atoms with E-state index in [1.54, 1.807) is 0 Å². The molecule has 2 N–H and O–H groups in total. The van der Waals surface area contributed by atoms with E-state index in [2.05, 4.69) is 0 Å². The Hall–Kier alpha value is -0.610. The highest BCUT2D eigenvalue weighted by Crippen LogP contribution is 2.14. The van der Waals surface area contributed by atoms with Gasteiger partial charge >= 0.3 is 0 Å². The molecular weight excluding hydrogens is 134 g/mol. The molecule has 0 aromatic heterocycles. The van der Waals surface area contributed by atoms with Crippen LogP contribution in [0.1, 0.15) is 12.8 Å². The zero-order valence-electron chi connectivity index (χ0n) is 5.82. The highest BCUT2D eigenvalue weighted by atomic mass is 16.3. The lowest BCUT2D eigenvalue weighted by Crippen LogP contribution is -2.47. The first kappa shape index (κ1) is 7.50. The number of aliphatic hydroxyl groups excluding tert-OH is 2. The van der Waals surface area contributed by atoms with Crippen molar-refractivity contribution in [1.29, 1.82) is 0 Å². The summed E-state index contributed by atoms with van der Waals surface area (Å²) in [5, 5.41) is 18.0. The van der Waals surface area contributed by atoms with Gasteiger partial charge in [0, 0.05) is 7.05 Å². The lowest BCUT2D eigenvalue weighted by molar-refractivity contribution is -0.155. The summed E-state index contributed by atoms with van der Waals surface area (Å²) in [6.07, 6.45) is -0.794. The molecule has 0 bridgehead atoms. The van der Waals surface area contributed by atoms with E-state index in [4.69, 9.17) is 10.2 Å². The van der Waals surface area contributed by atoms with Gasteiger partial charge in [-0.05, 0) is 12.8 Å². The molecule has 1 heterocycles. The molecule has 0 saturated carbocycles. The van der Waals surface area contributed by atoms with Gasteiger partial charge in [0.05, 0.1) is 0 Å². The molecule has 0 aliphatic carbocycles. The van der Waals surface area contributed by atoms with Gasteiger partial charge in [-0.3, -0.25) is 4.79 Å². The van der Waals surface area contributed by atoms with Gasteiger partial charge in [0.2, 0.25) is 0 Å². The van der Waals surface area contributed by atoms with E-state index in [1.165, 1.54) is 7.05 Å². The van der Waals surface area contributed by atoms with Crippen molar-refractivity contribution < 1.29 is 15.0 Å². The minimum atomic E-state index is -0.909. The molecule has 4 heteroatoms. The molecule has 1 rings (SSSR count). The van der Waals surface area contributed by atoms with Crippen molar-refractivity contribution in [3.05, 3.63) is 0 Å². The highest BCUT2D eigenvalue weighted by molar-refractivity contribution is 5.81. The molecule has 1 fully saturated rings. The average molecular weight is 145 g/mol. The maximum atomic E-state index is 10.9. The van der Waals surface area contributed by atoms with Gasteiger partial charge in [-0.2, -0.15) is 0 Å². The number of likely N-dealkylation sites (tertiary alicyclic amines) is 1. The van der Waals surface area contributed by atoms with Crippen LogP contribution in [0, 0.1) is 0 Å². The van der Waals surface area contributed by atoms with E-state index in [1.807, 2.05) is 0 Å². The molecule has 0 aromatic carbocycles. The van der Waals surface area contributed by atoms with E-state index in [-0.39, 0.29) is 0 Å². The van der Waals surface area contributed by atoms with Crippen LogP contribution in [0.15, 0.2) is 0 Å². The number of aliphatic hydroxyl groups is 2. The normalized spacial score (nSPS) is 34.7. The fourth-order valence-electron chi connectivity index (χ4n) is 1.01. The number of carbonyl (C=O) groups is 1. The van der Waals surface area contributed by atoms with Gasteiger partial charge in [-0.25, -0.2) is 0 Å². The molecule has 1 aliphatic rings. The monoisotopic (exact) mass is 145 g/mol. The molecule has 0 radical (unpaired) electrons. The van der Waals surface area contributed by atoms with Gasteiger partial charge in [0.1, 0.15) is 12.3 Å². The summed E-state index contributed by atoms with van der Waals surface area (Å²) in [5.74, 6) is -0.390. The summed E-state index contributed by atoms with van der Waals surface area (Å²) in [4.78, 5) is 12.0. The fraction of sp³-hybridized carbons (Fsp3) is 0.833. The number of amides is 1. The smallest absolute Gasteiger partial charge is 0.253 e. The van der Waals surface area contributed by atoms with Gasteiger partial charge in [-0.15, -0.1) is 0 Å². The standard InChI is InChI=1S/C6H11NO3/c1-7-5(9)3-2-4(8)6(7)10/h4-5,8-9H,2-3H2,1H3. The summed E-state index contributed by atoms with van der Waals surface area (Å²) >= 11 is 0. The number of nitrogens with zero attached hydrogens (tertiary/aromatic N) is 1. The van der Waals surface area contributed by atoms with Crippen LogP contribution < -0.4 is 0 Å². The van der Waals surface area contributed by atoms with Crippen molar-refractivity contribution in [2.24, 2.45) is 0 Å². The molecule has 0 spiro atoms. The van der Waals surface area contributed by atoms with Gasteiger partial charge in [0.15, 0.2) is 0 Å². The third kappa shape index (κ3) is 1.12. The Balaban J connectivity index is 2.60. The number of hydrogen-bond donors (Lipinski definition) is 2. The molecular formula is C6H11NO3. The molecule has 1 saturated heterocycles. The van der Waals surface area contributed by atoms with Crippen molar-refractivity contribution in [1.82, 2.24) is 4.90 Å². The first-order chi connectivity index (χ1) is 4.63. The molecule has 2 atom stereocenters. The van der Waals surface area contributed by atoms with E-state index >= 15 is 0 Å². The summed E-state index contributed by atoms with van der Waals surface area (Å²) in [5.41, 5.74) is 0. The van der Waals surface area contributed by atoms with Crippen LogP contribution in [-0.4, -0.2) is 40.4 Å². The Morgan fingerprint density at radius 1 is 1.50 bits per heavy atom. The number of piperidine rings is 1. The van der Waals surface area contributed by atoms with Crippen LogP contribution >= 0.6 is 0 Å². The average Bonchev–Trinajstić information content (AvgIpc) is 1.93. The van der Waals surface area contributed by atoms with Gasteiger partial charge < -0.3 is 15.1 Å². The van der Waals surface area contributed by atoms with E-state index < -0.39 is 18.2 Å². The minimum absolute atomic E-state index is 0.365. The maximum Gasteiger partial charge on any atom is 0.253 e. The van der Waals surface area contributed by atoms with Crippen LogP contribution in [-0.2, 0) is 4.79 Å². The second-order valence-corrected chi connectivity index (χ2v) is 2.52. The molecule has 1 amide bonds. The van der Waals surface area contributed by atoms with E-state index in [9.17, 15) is 4.79 Å². The summed E-state index contributed by atoms with van der Waals surface area (Å²) < 4.78 is 0. The number of carbonyl (C=O) groups excluding carboxylic acids is 1. The van der Waals surface area contributed by atoms with Crippen molar-refractivity contribution >= 4 is 5.91 Å². The molecule has 2 unspecified atom stereocenters. The Labute approximate surface area is 59.1 Å². The molecule has 10 heavy (non-hydrogen) atoms. The summed E-state index contributed by atoms with van der Waals surface area (Å²) in [6.45, 7) is 0. The Bertz CT molecular complexity index is 148.